The van der Waals surface area contributed by atoms with E-state index in [0.717, 1.165) is 13.0 Å². The molecule has 2 N–H and O–H groups in total. The monoisotopic (exact) mass is 176 g/mol. The molecule has 0 amide bonds. The summed E-state index contributed by atoms with van der Waals surface area (Å²) in [5, 5.41) is 8.28. The van der Waals surface area contributed by atoms with Crippen molar-refractivity contribution in [1.29, 1.82) is 5.26 Å². The van der Waals surface area contributed by atoms with Gasteiger partial charge in [-0.1, -0.05) is 37.3 Å². The molecule has 1 aromatic carbocycles. The molecule has 0 radical (unpaired) electrons. The van der Waals surface area contributed by atoms with Crippen LogP contribution in [0.3, 0.4) is 0 Å². The molecule has 0 aromatic heterocycles. The Balaban J connectivity index is 0.000000424. The summed E-state index contributed by atoms with van der Waals surface area (Å²) in [4.78, 5) is 0. The second-order valence-corrected chi connectivity index (χ2v) is 2.55. The molecule has 0 aliphatic heterocycles. The van der Waals surface area contributed by atoms with Crippen molar-refractivity contribution in [2.24, 2.45) is 5.73 Å². The second-order valence-electron chi connectivity index (χ2n) is 2.55. The Hall–Kier alpha value is -1.33. The summed E-state index contributed by atoms with van der Waals surface area (Å²) < 4.78 is 0. The fraction of sp³-hybridized carbons (Fsp3) is 0.364. The first-order valence-corrected chi connectivity index (χ1v) is 4.46. The lowest BCUT2D eigenvalue weighted by Crippen LogP contribution is -1.87. The normalized spacial score (nSPS) is 8.08. The van der Waals surface area contributed by atoms with E-state index in [1.54, 1.807) is 0 Å². The van der Waals surface area contributed by atoms with Gasteiger partial charge in [0.2, 0.25) is 0 Å². The third-order valence-corrected chi connectivity index (χ3v) is 1.37. The van der Waals surface area contributed by atoms with Gasteiger partial charge in [-0.15, -0.1) is 0 Å². The van der Waals surface area contributed by atoms with Gasteiger partial charge in [-0.25, -0.2) is 0 Å². The van der Waals surface area contributed by atoms with Crippen molar-refractivity contribution in [2.75, 3.05) is 6.54 Å². The summed E-state index contributed by atoms with van der Waals surface area (Å²) in [6.45, 7) is 2.65. The van der Waals surface area contributed by atoms with Crippen LogP contribution in [-0.2, 0) is 6.42 Å². The Bertz CT molecular complexity index is 236. The summed E-state index contributed by atoms with van der Waals surface area (Å²) >= 11 is 0. The zero-order valence-electron chi connectivity index (χ0n) is 8.03. The molecule has 2 nitrogen and oxygen atoms in total. The predicted molar refractivity (Wildman–Crippen MR) is 55.1 cm³/mol. The maximum absolute atomic E-state index is 8.28. The first kappa shape index (κ1) is 11.7. The van der Waals surface area contributed by atoms with Gasteiger partial charge in [0.05, 0.1) is 6.07 Å². The molecule has 0 spiro atoms. The van der Waals surface area contributed by atoms with Gasteiger partial charge in [-0.2, -0.15) is 5.26 Å². The zero-order chi connectivity index (χ0) is 9.94. The summed E-state index contributed by atoms with van der Waals surface area (Å²) in [7, 11) is 0. The van der Waals surface area contributed by atoms with E-state index >= 15 is 0 Å². The van der Waals surface area contributed by atoms with Crippen molar-refractivity contribution >= 4 is 0 Å². The molecule has 0 fully saturated rings. The maximum atomic E-state index is 8.28. The summed E-state index contributed by atoms with van der Waals surface area (Å²) in [5.41, 5.74) is 6.09. The molecule has 70 valence electrons. The highest BCUT2D eigenvalue weighted by Crippen LogP contribution is 2.00. The maximum Gasteiger partial charge on any atom is 0.0625 e. The number of nitrogens with two attached hydrogens (primary N) is 1. The number of hydrogen-bond donors (Lipinski definition) is 1. The molecule has 0 saturated carbocycles. The highest BCUT2D eigenvalue weighted by molar-refractivity contribution is 5.15. The van der Waals surface area contributed by atoms with E-state index in [1.807, 2.05) is 37.3 Å². The van der Waals surface area contributed by atoms with Gasteiger partial charge in [-0.05, 0) is 18.5 Å². The Morgan fingerprint density at radius 2 is 1.85 bits per heavy atom. The molecule has 1 aromatic rings. The molecule has 0 saturated heterocycles. The molecular weight excluding hydrogens is 160 g/mol. The van der Waals surface area contributed by atoms with E-state index in [4.69, 9.17) is 11.0 Å². The molecular formula is C11H16N2. The van der Waals surface area contributed by atoms with Gasteiger partial charge in [-0.3, -0.25) is 0 Å². The van der Waals surface area contributed by atoms with Gasteiger partial charge in [0, 0.05) is 6.42 Å². The van der Waals surface area contributed by atoms with Gasteiger partial charge < -0.3 is 5.73 Å². The van der Waals surface area contributed by atoms with Crippen molar-refractivity contribution in [3.05, 3.63) is 35.9 Å². The minimum atomic E-state index is 0.615. The van der Waals surface area contributed by atoms with Crippen LogP contribution in [0.1, 0.15) is 18.9 Å². The van der Waals surface area contributed by atoms with Crippen molar-refractivity contribution in [3.8, 4) is 6.07 Å². The Kier molecular flexibility index (Phi) is 7.87. The SMILES string of the molecule is CCN.N#CCCc1ccccc1. The summed E-state index contributed by atoms with van der Waals surface area (Å²) in [5.74, 6) is 0. The van der Waals surface area contributed by atoms with Crippen LogP contribution in [0.5, 0.6) is 0 Å². The first-order chi connectivity index (χ1) is 6.35. The molecule has 0 aliphatic rings. The van der Waals surface area contributed by atoms with Crippen LogP contribution in [0, 0.1) is 11.3 Å². The quantitative estimate of drug-likeness (QED) is 0.750. The van der Waals surface area contributed by atoms with E-state index in [1.165, 1.54) is 5.56 Å². The topological polar surface area (TPSA) is 49.8 Å². The number of hydrogen-bond acceptors (Lipinski definition) is 2. The third kappa shape index (κ3) is 7.04. The fourth-order valence-corrected chi connectivity index (χ4v) is 0.845. The Morgan fingerprint density at radius 1 is 1.31 bits per heavy atom. The number of nitrogens with zero attached hydrogens (tertiary/aromatic N) is 1. The smallest absolute Gasteiger partial charge is 0.0625 e. The first-order valence-electron chi connectivity index (χ1n) is 4.46. The molecule has 0 heterocycles. The van der Waals surface area contributed by atoms with E-state index in [0.29, 0.717) is 6.42 Å². The van der Waals surface area contributed by atoms with Crippen molar-refractivity contribution < 1.29 is 0 Å². The number of aryl methyl sites for hydroxylation is 1. The Morgan fingerprint density at radius 3 is 2.31 bits per heavy atom. The van der Waals surface area contributed by atoms with Crippen LogP contribution in [0.4, 0.5) is 0 Å². The molecule has 0 atom stereocenters. The van der Waals surface area contributed by atoms with Crippen LogP contribution < -0.4 is 5.73 Å². The minimum Gasteiger partial charge on any atom is -0.331 e. The zero-order valence-corrected chi connectivity index (χ0v) is 8.03. The summed E-state index contributed by atoms with van der Waals surface area (Å²) in [6, 6.07) is 12.2. The van der Waals surface area contributed by atoms with Crippen LogP contribution in [-0.4, -0.2) is 6.54 Å². The molecule has 0 aliphatic carbocycles. The third-order valence-electron chi connectivity index (χ3n) is 1.37. The van der Waals surface area contributed by atoms with Crippen LogP contribution >= 0.6 is 0 Å². The van der Waals surface area contributed by atoms with Crippen LogP contribution in [0.2, 0.25) is 0 Å². The molecule has 1 rings (SSSR count). The van der Waals surface area contributed by atoms with Gasteiger partial charge in [0.15, 0.2) is 0 Å². The van der Waals surface area contributed by atoms with Crippen LogP contribution in [0.15, 0.2) is 30.3 Å². The van der Waals surface area contributed by atoms with Crippen LogP contribution in [0.25, 0.3) is 0 Å². The number of benzene rings is 1. The van der Waals surface area contributed by atoms with Gasteiger partial charge >= 0.3 is 0 Å². The van der Waals surface area contributed by atoms with Gasteiger partial charge in [0.1, 0.15) is 0 Å². The van der Waals surface area contributed by atoms with Crippen molar-refractivity contribution in [1.82, 2.24) is 0 Å². The second kappa shape index (κ2) is 8.76. The Labute approximate surface area is 80.0 Å². The number of nitriles is 1. The van der Waals surface area contributed by atoms with E-state index in [2.05, 4.69) is 6.07 Å². The van der Waals surface area contributed by atoms with E-state index < -0.39 is 0 Å². The molecule has 2 heteroatoms. The average molecular weight is 176 g/mol. The fourth-order valence-electron chi connectivity index (χ4n) is 0.845. The standard InChI is InChI=1S/C9H9N.C2H7N/c10-8-4-7-9-5-2-1-3-6-9;1-2-3/h1-3,5-6H,4,7H2;2-3H2,1H3. The highest BCUT2D eigenvalue weighted by Gasteiger charge is 1.87. The lowest BCUT2D eigenvalue weighted by molar-refractivity contribution is 1.01. The lowest BCUT2D eigenvalue weighted by atomic mass is 10.1. The predicted octanol–water partition coefficient (Wildman–Crippen LogP) is 2.11. The van der Waals surface area contributed by atoms with E-state index in [9.17, 15) is 0 Å². The number of rotatable bonds is 2. The summed E-state index contributed by atoms with van der Waals surface area (Å²) in [6.07, 6.45) is 1.49. The van der Waals surface area contributed by atoms with Crippen molar-refractivity contribution in [3.63, 3.8) is 0 Å². The average Bonchev–Trinajstić information content (AvgIpc) is 2.18. The molecule has 0 bridgehead atoms. The molecule has 13 heavy (non-hydrogen) atoms. The molecule has 0 unspecified atom stereocenters. The van der Waals surface area contributed by atoms with Gasteiger partial charge in [0.25, 0.3) is 0 Å². The highest BCUT2D eigenvalue weighted by atomic mass is 14.5. The largest absolute Gasteiger partial charge is 0.331 e. The van der Waals surface area contributed by atoms with Crippen molar-refractivity contribution in [2.45, 2.75) is 19.8 Å². The minimum absolute atomic E-state index is 0.615. The van der Waals surface area contributed by atoms with E-state index in [-0.39, 0.29) is 0 Å². The lowest BCUT2D eigenvalue weighted by Gasteiger charge is -1.92.